The predicted octanol–water partition coefficient (Wildman–Crippen LogP) is 5.47. The second-order valence-corrected chi connectivity index (χ2v) is 10.4. The molecule has 0 radical (unpaired) electrons. The maximum atomic E-state index is 12.9. The van der Waals surface area contributed by atoms with Crippen molar-refractivity contribution in [1.29, 1.82) is 0 Å². The Kier molecular flexibility index (Phi) is 7.07. The third-order valence-corrected chi connectivity index (χ3v) is 8.03. The molecule has 0 aliphatic carbocycles. The fourth-order valence-electron chi connectivity index (χ4n) is 5.42. The minimum absolute atomic E-state index is 0.0469. The van der Waals surface area contributed by atoms with E-state index in [1.807, 2.05) is 67.7 Å². The summed E-state index contributed by atoms with van der Waals surface area (Å²) < 4.78 is 0. The van der Waals surface area contributed by atoms with E-state index in [-0.39, 0.29) is 11.3 Å². The lowest BCUT2D eigenvalue weighted by Gasteiger charge is -2.29. The Balaban J connectivity index is 1.18. The van der Waals surface area contributed by atoms with Crippen LogP contribution in [-0.4, -0.2) is 26.0 Å². The molecule has 38 heavy (non-hydrogen) atoms. The average Bonchev–Trinajstić information content (AvgIpc) is 3.14. The van der Waals surface area contributed by atoms with Crippen LogP contribution in [-0.2, 0) is 11.8 Å². The Morgan fingerprint density at radius 1 is 0.789 bits per heavy atom. The van der Waals surface area contributed by atoms with Crippen molar-refractivity contribution in [2.75, 3.05) is 35.6 Å². The highest BCUT2D eigenvalue weighted by Gasteiger charge is 2.47. The monoisotopic (exact) mass is 506 g/mol. The molecule has 4 aromatic carbocycles. The molecule has 1 heterocycles. The maximum absolute atomic E-state index is 12.9. The topological polar surface area (TPSA) is 69.6 Å². The standard InChI is InChI=1S/C32H35N5O/c1-22-32(2,29-7-5-6-8-30(29)37(22)4)21-23-9-11-24(12-10-23)31(38)34-26-15-19-28(20-16-26)36-35-27-17-13-25(33-3)14-18-27/h5-20,22,33,35-36H,21H2,1-4H3,(H,34,38)/p+1. The third-order valence-electron chi connectivity index (χ3n) is 8.03. The summed E-state index contributed by atoms with van der Waals surface area (Å²) in [5.41, 5.74) is 14.8. The first-order valence-corrected chi connectivity index (χ1v) is 13.1. The van der Waals surface area contributed by atoms with E-state index in [4.69, 9.17) is 0 Å². The summed E-state index contributed by atoms with van der Waals surface area (Å²) in [5, 5.41) is 6.10. The van der Waals surface area contributed by atoms with E-state index < -0.39 is 0 Å². The number of quaternary nitrogens is 1. The van der Waals surface area contributed by atoms with Crippen molar-refractivity contribution in [2.24, 2.45) is 0 Å². The van der Waals surface area contributed by atoms with Gasteiger partial charge in [0.25, 0.3) is 5.91 Å². The maximum Gasteiger partial charge on any atom is 0.255 e. The van der Waals surface area contributed by atoms with Gasteiger partial charge in [-0.05, 0) is 92.6 Å². The number of nitrogens with one attached hydrogen (secondary N) is 5. The van der Waals surface area contributed by atoms with Crippen molar-refractivity contribution in [3.8, 4) is 0 Å². The van der Waals surface area contributed by atoms with Crippen LogP contribution in [0.15, 0.2) is 97.1 Å². The lowest BCUT2D eigenvalue weighted by Crippen LogP contribution is -3.07. The molecule has 3 atom stereocenters. The second-order valence-electron chi connectivity index (χ2n) is 10.4. The minimum atomic E-state index is -0.116. The highest BCUT2D eigenvalue weighted by molar-refractivity contribution is 6.04. The van der Waals surface area contributed by atoms with Gasteiger partial charge in [0.05, 0.1) is 29.9 Å². The molecule has 1 aliphatic rings. The smallest absolute Gasteiger partial charge is 0.255 e. The van der Waals surface area contributed by atoms with Crippen molar-refractivity contribution in [3.05, 3.63) is 114 Å². The third kappa shape index (κ3) is 5.08. The number of rotatable bonds is 8. The van der Waals surface area contributed by atoms with E-state index in [2.05, 4.69) is 78.8 Å². The van der Waals surface area contributed by atoms with Crippen LogP contribution < -0.4 is 26.4 Å². The van der Waals surface area contributed by atoms with Crippen molar-refractivity contribution in [2.45, 2.75) is 31.7 Å². The Hall–Kier alpha value is -4.29. The number of anilines is 4. The first-order chi connectivity index (χ1) is 18.4. The van der Waals surface area contributed by atoms with Crippen LogP contribution in [0.25, 0.3) is 0 Å². The fraction of sp³-hybridized carbons (Fsp3) is 0.219. The molecule has 3 unspecified atom stereocenters. The van der Waals surface area contributed by atoms with Gasteiger partial charge in [-0.2, -0.15) is 0 Å². The molecular weight excluding hydrogens is 470 g/mol. The average molecular weight is 507 g/mol. The zero-order valence-electron chi connectivity index (χ0n) is 22.4. The number of carbonyl (C=O) groups is 1. The van der Waals surface area contributed by atoms with E-state index in [0.29, 0.717) is 11.6 Å². The van der Waals surface area contributed by atoms with E-state index in [9.17, 15) is 4.79 Å². The van der Waals surface area contributed by atoms with Gasteiger partial charge in [-0.15, -0.1) is 0 Å². The molecule has 194 valence electrons. The quantitative estimate of drug-likeness (QED) is 0.206. The number of para-hydroxylation sites is 1. The number of hydrogen-bond acceptors (Lipinski definition) is 4. The minimum Gasteiger partial charge on any atom is -0.388 e. The van der Waals surface area contributed by atoms with Crippen LogP contribution in [0.4, 0.5) is 28.4 Å². The number of hydrogen-bond donors (Lipinski definition) is 5. The predicted molar refractivity (Wildman–Crippen MR) is 158 cm³/mol. The molecular formula is C32H36N5O+. The molecule has 5 rings (SSSR count). The highest BCUT2D eigenvalue weighted by atomic mass is 16.1. The van der Waals surface area contributed by atoms with Gasteiger partial charge >= 0.3 is 0 Å². The van der Waals surface area contributed by atoms with E-state index in [1.165, 1.54) is 21.7 Å². The Labute approximate surface area is 225 Å². The fourth-order valence-corrected chi connectivity index (χ4v) is 5.42. The number of hydrazine groups is 1. The largest absolute Gasteiger partial charge is 0.388 e. The summed E-state index contributed by atoms with van der Waals surface area (Å²) >= 11 is 0. The second kappa shape index (κ2) is 10.6. The molecule has 0 bridgehead atoms. The lowest BCUT2D eigenvalue weighted by atomic mass is 9.74. The van der Waals surface area contributed by atoms with Crippen LogP contribution >= 0.6 is 0 Å². The molecule has 0 saturated carbocycles. The van der Waals surface area contributed by atoms with Crippen LogP contribution in [0.2, 0.25) is 0 Å². The van der Waals surface area contributed by atoms with Crippen molar-refractivity contribution >= 4 is 34.3 Å². The molecule has 0 fully saturated rings. The summed E-state index contributed by atoms with van der Waals surface area (Å²) in [5.74, 6) is -0.116. The molecule has 1 amide bonds. The van der Waals surface area contributed by atoms with Crippen LogP contribution in [0.3, 0.4) is 0 Å². The van der Waals surface area contributed by atoms with Crippen LogP contribution in [0.1, 0.15) is 35.3 Å². The first kappa shape index (κ1) is 25.4. The zero-order chi connectivity index (χ0) is 26.7. The molecule has 1 aliphatic heterocycles. The number of amides is 1. The molecule has 6 nitrogen and oxygen atoms in total. The normalized spacial score (nSPS) is 19.9. The van der Waals surface area contributed by atoms with Crippen molar-refractivity contribution in [1.82, 2.24) is 0 Å². The van der Waals surface area contributed by atoms with Gasteiger partial charge in [-0.3, -0.25) is 4.79 Å². The van der Waals surface area contributed by atoms with Crippen molar-refractivity contribution < 1.29 is 9.69 Å². The summed E-state index contributed by atoms with van der Waals surface area (Å²) in [6, 6.07) is 32.9. The van der Waals surface area contributed by atoms with E-state index in [1.54, 1.807) is 0 Å². The van der Waals surface area contributed by atoms with Gasteiger partial charge in [0.1, 0.15) is 5.69 Å². The summed E-state index contributed by atoms with van der Waals surface area (Å²) in [6.07, 6.45) is 0.937. The molecule has 6 heteroatoms. The molecule has 0 spiro atoms. The Morgan fingerprint density at radius 2 is 1.34 bits per heavy atom. The Morgan fingerprint density at radius 3 is 1.95 bits per heavy atom. The van der Waals surface area contributed by atoms with Gasteiger partial charge in [-0.25, -0.2) is 0 Å². The summed E-state index contributed by atoms with van der Waals surface area (Å²) in [4.78, 5) is 14.3. The number of carbonyl (C=O) groups excluding carboxylic acids is 1. The lowest BCUT2D eigenvalue weighted by molar-refractivity contribution is -0.834. The SMILES string of the molecule is CNc1ccc(NNc2ccc(NC(=O)c3ccc(CC4(C)c5ccccc5[NH+](C)C4C)cc3)cc2)cc1. The van der Waals surface area contributed by atoms with Crippen molar-refractivity contribution in [3.63, 3.8) is 0 Å². The Bertz CT molecular complexity index is 1400. The van der Waals surface area contributed by atoms with Crippen LogP contribution in [0.5, 0.6) is 0 Å². The van der Waals surface area contributed by atoms with Gasteiger partial charge in [0.2, 0.25) is 0 Å². The molecule has 0 saturated heterocycles. The van der Waals surface area contributed by atoms with Crippen LogP contribution in [0, 0.1) is 0 Å². The van der Waals surface area contributed by atoms with Gasteiger partial charge in [0, 0.05) is 29.5 Å². The zero-order valence-corrected chi connectivity index (χ0v) is 22.4. The number of fused-ring (bicyclic) bond motifs is 1. The summed E-state index contributed by atoms with van der Waals surface area (Å²) in [7, 11) is 4.15. The number of benzene rings is 4. The van der Waals surface area contributed by atoms with Gasteiger partial charge in [-0.1, -0.05) is 30.3 Å². The molecule has 5 N–H and O–H groups in total. The molecule has 0 aromatic heterocycles. The number of likely N-dealkylation sites (N-methyl/N-ethyl adjacent to an activating group) is 1. The summed E-state index contributed by atoms with van der Waals surface area (Å²) in [6.45, 7) is 4.69. The van der Waals surface area contributed by atoms with Gasteiger partial charge in [0.15, 0.2) is 0 Å². The first-order valence-electron chi connectivity index (χ1n) is 13.1. The highest BCUT2D eigenvalue weighted by Crippen LogP contribution is 2.38. The van der Waals surface area contributed by atoms with E-state index in [0.717, 1.165) is 29.2 Å². The molecule has 4 aromatic rings. The van der Waals surface area contributed by atoms with Gasteiger partial charge < -0.3 is 26.4 Å². The van der Waals surface area contributed by atoms with E-state index >= 15 is 0 Å².